The van der Waals surface area contributed by atoms with Crippen LogP contribution in [0.1, 0.15) is 18.3 Å². The predicted octanol–water partition coefficient (Wildman–Crippen LogP) is 3.97. The van der Waals surface area contributed by atoms with Crippen molar-refractivity contribution < 1.29 is 13.9 Å². The molecule has 1 aromatic heterocycles. The molecule has 0 saturated carbocycles. The summed E-state index contributed by atoms with van der Waals surface area (Å²) in [5.74, 6) is 1.07. The maximum Gasteiger partial charge on any atom is 0.293 e. The van der Waals surface area contributed by atoms with E-state index in [9.17, 15) is 10.1 Å². The molecular formula is C21H22N2O4. The van der Waals surface area contributed by atoms with Gasteiger partial charge in [0.25, 0.3) is 11.4 Å². The lowest BCUT2D eigenvalue weighted by Gasteiger charge is -2.21. The van der Waals surface area contributed by atoms with Crippen LogP contribution in [0.25, 0.3) is 22.5 Å². The summed E-state index contributed by atoms with van der Waals surface area (Å²) in [6.07, 6.45) is 0.437. The van der Waals surface area contributed by atoms with Gasteiger partial charge in [-0.3, -0.25) is 0 Å². The third kappa shape index (κ3) is 3.14. The molecule has 0 aliphatic carbocycles. The second-order valence-corrected chi connectivity index (χ2v) is 6.10. The SMILES string of the molecule is CCc1c(-c2ccccc2)[n+](=O)c(-c2cc(OC)ccc2OC)c(C)n1[O-]. The van der Waals surface area contributed by atoms with Crippen LogP contribution in [0.3, 0.4) is 0 Å². The summed E-state index contributed by atoms with van der Waals surface area (Å²) < 4.78 is 12.4. The van der Waals surface area contributed by atoms with Crippen LogP contribution in [-0.4, -0.2) is 19.0 Å². The number of hydrogen-bond donors (Lipinski definition) is 0. The highest BCUT2D eigenvalue weighted by molar-refractivity contribution is 5.71. The van der Waals surface area contributed by atoms with E-state index in [1.54, 1.807) is 32.2 Å². The first-order chi connectivity index (χ1) is 13.0. The van der Waals surface area contributed by atoms with E-state index in [0.717, 1.165) is 9.16 Å². The molecule has 0 amide bonds. The van der Waals surface area contributed by atoms with Crippen LogP contribution in [0.5, 0.6) is 11.5 Å². The van der Waals surface area contributed by atoms with Gasteiger partial charge in [-0.25, -0.2) is 0 Å². The minimum absolute atomic E-state index is 0.247. The summed E-state index contributed by atoms with van der Waals surface area (Å²) in [6, 6.07) is 14.4. The van der Waals surface area contributed by atoms with E-state index >= 15 is 0 Å². The fraction of sp³-hybridized carbons (Fsp3) is 0.238. The lowest BCUT2D eigenvalue weighted by molar-refractivity contribution is -0.471. The molecule has 0 unspecified atom stereocenters. The second kappa shape index (κ2) is 7.53. The fourth-order valence-corrected chi connectivity index (χ4v) is 3.27. The Morgan fingerprint density at radius 2 is 1.74 bits per heavy atom. The average Bonchev–Trinajstić information content (AvgIpc) is 2.71. The lowest BCUT2D eigenvalue weighted by Crippen LogP contribution is -2.29. The molecule has 0 fully saturated rings. The van der Waals surface area contributed by atoms with Crippen LogP contribution in [0.4, 0.5) is 0 Å². The number of methoxy groups -OCH3 is 2. The molecule has 140 valence electrons. The maximum atomic E-state index is 13.5. The Balaban J connectivity index is 2.43. The third-order valence-corrected chi connectivity index (χ3v) is 4.62. The molecule has 0 atom stereocenters. The number of nitrogens with zero attached hydrogens (tertiary/aromatic N) is 2. The Kier molecular flexibility index (Phi) is 5.16. The number of hydrogen-bond acceptors (Lipinski definition) is 4. The van der Waals surface area contributed by atoms with Crippen molar-refractivity contribution in [3.8, 4) is 34.0 Å². The molecule has 0 saturated heterocycles. The molecular weight excluding hydrogens is 344 g/mol. The van der Waals surface area contributed by atoms with E-state index in [2.05, 4.69) is 0 Å². The van der Waals surface area contributed by atoms with Crippen molar-refractivity contribution in [2.24, 2.45) is 0 Å². The van der Waals surface area contributed by atoms with Crippen LogP contribution in [0.15, 0.2) is 48.5 Å². The van der Waals surface area contributed by atoms with Gasteiger partial charge in [-0.15, -0.1) is 0 Å². The molecule has 0 bridgehead atoms. The van der Waals surface area contributed by atoms with Gasteiger partial charge in [-0.1, -0.05) is 25.1 Å². The van der Waals surface area contributed by atoms with Gasteiger partial charge in [0.05, 0.1) is 41.2 Å². The van der Waals surface area contributed by atoms with Gasteiger partial charge in [0.15, 0.2) is 0 Å². The van der Waals surface area contributed by atoms with Gasteiger partial charge in [0.2, 0.25) is 0 Å². The highest BCUT2D eigenvalue weighted by atomic mass is 16.5. The molecule has 6 heteroatoms. The number of benzene rings is 2. The summed E-state index contributed by atoms with van der Waals surface area (Å²) in [5, 5.41) is 13.0. The molecule has 0 aliphatic heterocycles. The van der Waals surface area contributed by atoms with Crippen molar-refractivity contribution in [3.05, 3.63) is 70.0 Å². The molecule has 27 heavy (non-hydrogen) atoms. The molecule has 3 aromatic rings. The van der Waals surface area contributed by atoms with Crippen molar-refractivity contribution in [1.82, 2.24) is 4.73 Å². The Hall–Kier alpha value is -3.28. The van der Waals surface area contributed by atoms with E-state index in [-0.39, 0.29) is 5.69 Å². The Bertz CT molecular complexity index is 1030. The number of rotatable bonds is 5. The second-order valence-electron chi connectivity index (χ2n) is 6.10. The average molecular weight is 366 g/mol. The van der Waals surface area contributed by atoms with Crippen LogP contribution in [0, 0.1) is 17.0 Å². The molecule has 0 aliphatic rings. The fourth-order valence-electron chi connectivity index (χ4n) is 3.27. The molecule has 3 rings (SSSR count). The predicted molar refractivity (Wildman–Crippen MR) is 105 cm³/mol. The summed E-state index contributed by atoms with van der Waals surface area (Å²) in [5.41, 5.74) is 2.54. The first-order valence-electron chi connectivity index (χ1n) is 8.69. The lowest BCUT2D eigenvalue weighted by atomic mass is 10.0. The number of aromatic nitrogens is 2. The van der Waals surface area contributed by atoms with E-state index in [4.69, 9.17) is 9.47 Å². The van der Waals surface area contributed by atoms with Crippen molar-refractivity contribution >= 4 is 0 Å². The molecule has 0 spiro atoms. The minimum atomic E-state index is 0.247. The Labute approximate surface area is 157 Å². The van der Waals surface area contributed by atoms with Crippen molar-refractivity contribution in [2.45, 2.75) is 20.3 Å². The molecule has 1 heterocycles. The molecule has 0 N–H and O–H groups in total. The first-order valence-corrected chi connectivity index (χ1v) is 8.69. The van der Waals surface area contributed by atoms with Gasteiger partial charge in [-0.2, -0.15) is 0 Å². The summed E-state index contributed by atoms with van der Waals surface area (Å²) in [6.45, 7) is 3.50. The number of ether oxygens (including phenoxy) is 2. The zero-order valence-electron chi connectivity index (χ0n) is 15.9. The van der Waals surface area contributed by atoms with Gasteiger partial charge in [-0.05, 0) is 43.7 Å². The van der Waals surface area contributed by atoms with Gasteiger partial charge in [0.1, 0.15) is 11.5 Å². The highest BCUT2D eigenvalue weighted by Gasteiger charge is 2.29. The normalized spacial score (nSPS) is 10.7. The minimum Gasteiger partial charge on any atom is -0.805 e. The van der Waals surface area contributed by atoms with Crippen LogP contribution in [0.2, 0.25) is 0 Å². The van der Waals surface area contributed by atoms with E-state index in [1.807, 2.05) is 37.3 Å². The summed E-state index contributed by atoms with van der Waals surface area (Å²) in [7, 11) is 3.08. The molecule has 6 nitrogen and oxygen atoms in total. The third-order valence-electron chi connectivity index (χ3n) is 4.62. The maximum absolute atomic E-state index is 13.5. The van der Waals surface area contributed by atoms with Crippen molar-refractivity contribution in [1.29, 1.82) is 0 Å². The van der Waals surface area contributed by atoms with E-state index in [1.165, 1.54) is 7.11 Å². The van der Waals surface area contributed by atoms with Gasteiger partial charge in [0, 0.05) is 4.91 Å². The smallest absolute Gasteiger partial charge is 0.293 e. The van der Waals surface area contributed by atoms with Crippen molar-refractivity contribution in [2.75, 3.05) is 14.2 Å². The van der Waals surface area contributed by atoms with Crippen molar-refractivity contribution in [3.63, 3.8) is 0 Å². The quantitative estimate of drug-likeness (QED) is 0.641. The van der Waals surface area contributed by atoms with E-state index < -0.39 is 0 Å². The molecule has 0 radical (unpaired) electrons. The molecule has 2 aromatic carbocycles. The zero-order chi connectivity index (χ0) is 19.6. The largest absolute Gasteiger partial charge is 0.805 e. The van der Waals surface area contributed by atoms with Gasteiger partial charge >= 0.3 is 0 Å². The standard InChI is InChI=1S/C21H22N2O4/c1-5-18-21(15-9-7-6-8-10-15)23(25)20(14(2)22(18)24)17-13-16(26-3)11-12-19(17)27-4/h6-13H,5H2,1-4H3. The first kappa shape index (κ1) is 18.5. The van der Waals surface area contributed by atoms with Crippen LogP contribution in [-0.2, 0) is 6.42 Å². The highest BCUT2D eigenvalue weighted by Crippen LogP contribution is 2.34. The monoisotopic (exact) mass is 366 g/mol. The zero-order valence-corrected chi connectivity index (χ0v) is 15.9. The van der Waals surface area contributed by atoms with Crippen LogP contribution >= 0.6 is 0 Å². The topological polar surface area (TPSA) is 69.4 Å². The Morgan fingerprint density at radius 3 is 2.33 bits per heavy atom. The Morgan fingerprint density at radius 1 is 1.04 bits per heavy atom. The van der Waals surface area contributed by atoms with E-state index in [0.29, 0.717) is 46.1 Å². The summed E-state index contributed by atoms with van der Waals surface area (Å²) in [4.78, 5) is 13.5. The van der Waals surface area contributed by atoms with Gasteiger partial charge < -0.3 is 19.4 Å². The summed E-state index contributed by atoms with van der Waals surface area (Å²) >= 11 is 0. The van der Waals surface area contributed by atoms with Crippen LogP contribution < -0.4 is 13.9 Å².